The van der Waals surface area contributed by atoms with Crippen molar-refractivity contribution in [3.63, 3.8) is 0 Å². The maximum atomic E-state index is 12.3. The summed E-state index contributed by atoms with van der Waals surface area (Å²) in [6.07, 6.45) is -1.87. The minimum atomic E-state index is -4.26. The van der Waals surface area contributed by atoms with Gasteiger partial charge in [0.05, 0.1) is 12.5 Å². The molecule has 4 unspecified atom stereocenters. The third-order valence-corrected chi connectivity index (χ3v) is 4.46. The second-order valence-electron chi connectivity index (χ2n) is 6.04. The topological polar surface area (TPSA) is 52.6 Å². The molecule has 2 fully saturated rings. The summed E-state index contributed by atoms with van der Waals surface area (Å²) in [6, 6.07) is -0.0772. The van der Waals surface area contributed by atoms with E-state index in [9.17, 15) is 18.0 Å². The predicted molar refractivity (Wildman–Crippen MR) is 67.3 cm³/mol. The second-order valence-corrected chi connectivity index (χ2v) is 6.04. The van der Waals surface area contributed by atoms with Crippen LogP contribution in [0.25, 0.3) is 0 Å². The number of nitrogens with one attached hydrogen (secondary N) is 1. The van der Waals surface area contributed by atoms with Crippen LogP contribution in [0.2, 0.25) is 0 Å². The van der Waals surface area contributed by atoms with Gasteiger partial charge < -0.3 is 10.4 Å². The second kappa shape index (κ2) is 5.89. The number of piperidine rings is 1. The van der Waals surface area contributed by atoms with E-state index in [1.807, 2.05) is 0 Å². The van der Waals surface area contributed by atoms with Crippen LogP contribution in [0, 0.1) is 11.8 Å². The van der Waals surface area contributed by atoms with Crippen molar-refractivity contribution >= 4 is 5.97 Å². The molecule has 4 nitrogen and oxygen atoms in total. The Kier molecular flexibility index (Phi) is 4.59. The average Bonchev–Trinajstić information content (AvgIpc) is 2.33. The number of carboxylic acid groups (broad SMARTS) is 1. The molecule has 4 atom stereocenters. The largest absolute Gasteiger partial charge is 0.481 e. The van der Waals surface area contributed by atoms with Gasteiger partial charge in [0, 0.05) is 25.2 Å². The first-order chi connectivity index (χ1) is 9.26. The number of likely N-dealkylation sites (tertiary alicyclic amines) is 1. The normalized spacial score (nSPS) is 35.6. The van der Waals surface area contributed by atoms with E-state index >= 15 is 0 Å². The Hall–Kier alpha value is -0.820. The molecule has 7 heteroatoms. The molecule has 0 radical (unpaired) electrons. The van der Waals surface area contributed by atoms with Gasteiger partial charge >= 0.3 is 12.1 Å². The van der Waals surface area contributed by atoms with E-state index in [1.54, 1.807) is 0 Å². The lowest BCUT2D eigenvalue weighted by molar-refractivity contribution is -0.145. The molecule has 0 aromatic carbocycles. The molecule has 0 aromatic rings. The summed E-state index contributed by atoms with van der Waals surface area (Å²) >= 11 is 0. The molecule has 1 heterocycles. The first-order valence-electron chi connectivity index (χ1n) is 7.03. The maximum Gasteiger partial charge on any atom is 0.401 e. The molecule has 1 aliphatic heterocycles. The number of hydrogen-bond donors (Lipinski definition) is 2. The van der Waals surface area contributed by atoms with Crippen molar-refractivity contribution in [2.75, 3.05) is 19.6 Å². The number of rotatable bonds is 4. The minimum absolute atomic E-state index is 0.267. The van der Waals surface area contributed by atoms with Crippen molar-refractivity contribution in [3.05, 3.63) is 0 Å². The fourth-order valence-electron chi connectivity index (χ4n) is 3.18. The van der Waals surface area contributed by atoms with E-state index in [2.05, 4.69) is 17.1 Å². The van der Waals surface area contributed by atoms with Gasteiger partial charge in [-0.3, -0.25) is 9.69 Å². The summed E-state index contributed by atoms with van der Waals surface area (Å²) in [4.78, 5) is 13.2. The predicted octanol–water partition coefficient (Wildman–Crippen LogP) is 1.71. The van der Waals surface area contributed by atoms with E-state index in [4.69, 9.17) is 5.11 Å². The molecular weight excluding hydrogens is 273 g/mol. The number of carbonyl (C=O) groups is 1. The molecule has 1 saturated heterocycles. The SMILES string of the molecule is CC1CCC1N1CC(NCC(F)(F)F)CC(C(=O)O)C1. The number of carboxylic acids is 1. The highest BCUT2D eigenvalue weighted by atomic mass is 19.4. The molecule has 2 N–H and O–H groups in total. The van der Waals surface area contributed by atoms with Gasteiger partial charge in [0.1, 0.15) is 0 Å². The summed E-state index contributed by atoms with van der Waals surface area (Å²) in [5.41, 5.74) is 0. The van der Waals surface area contributed by atoms with Crippen LogP contribution in [-0.4, -0.2) is 53.9 Å². The van der Waals surface area contributed by atoms with E-state index in [-0.39, 0.29) is 6.42 Å². The standard InChI is InChI=1S/C13H21F3N2O2/c1-8-2-3-11(8)18-5-9(12(19)20)4-10(6-18)17-7-13(14,15)16/h8-11,17H,2-7H2,1H3,(H,19,20). The van der Waals surface area contributed by atoms with E-state index < -0.39 is 30.7 Å². The summed E-state index contributed by atoms with van der Waals surface area (Å²) in [5.74, 6) is -0.992. The van der Waals surface area contributed by atoms with Crippen LogP contribution in [0.1, 0.15) is 26.2 Å². The zero-order valence-electron chi connectivity index (χ0n) is 11.5. The molecule has 2 rings (SSSR count). The minimum Gasteiger partial charge on any atom is -0.481 e. The van der Waals surface area contributed by atoms with Gasteiger partial charge in [-0.1, -0.05) is 6.92 Å². The van der Waals surface area contributed by atoms with Crippen LogP contribution in [0.15, 0.2) is 0 Å². The highest BCUT2D eigenvalue weighted by Crippen LogP contribution is 2.34. The summed E-state index contributed by atoms with van der Waals surface area (Å²) in [6.45, 7) is 2.01. The lowest BCUT2D eigenvalue weighted by Gasteiger charge is -2.47. The van der Waals surface area contributed by atoms with Gasteiger partial charge in [0.15, 0.2) is 0 Å². The van der Waals surface area contributed by atoms with Gasteiger partial charge in [-0.05, 0) is 25.2 Å². The van der Waals surface area contributed by atoms with E-state index in [0.717, 1.165) is 12.8 Å². The molecule has 2 aliphatic rings. The molecular formula is C13H21F3N2O2. The van der Waals surface area contributed by atoms with Crippen molar-refractivity contribution in [3.8, 4) is 0 Å². The first-order valence-corrected chi connectivity index (χ1v) is 7.03. The molecule has 0 aromatic heterocycles. The maximum absolute atomic E-state index is 12.3. The van der Waals surface area contributed by atoms with E-state index in [1.165, 1.54) is 0 Å². The Morgan fingerprint density at radius 1 is 1.35 bits per heavy atom. The van der Waals surface area contributed by atoms with Crippen LogP contribution >= 0.6 is 0 Å². The van der Waals surface area contributed by atoms with Gasteiger partial charge in [0.25, 0.3) is 0 Å². The van der Waals surface area contributed by atoms with Crippen LogP contribution in [-0.2, 0) is 4.79 Å². The first kappa shape index (κ1) is 15.6. The molecule has 0 amide bonds. The fraction of sp³-hybridized carbons (Fsp3) is 0.923. The van der Waals surface area contributed by atoms with Crippen molar-refractivity contribution in [2.45, 2.75) is 44.4 Å². The smallest absolute Gasteiger partial charge is 0.401 e. The number of halogens is 3. The van der Waals surface area contributed by atoms with E-state index in [0.29, 0.717) is 25.0 Å². The Morgan fingerprint density at radius 2 is 2.05 bits per heavy atom. The van der Waals surface area contributed by atoms with Crippen LogP contribution in [0.3, 0.4) is 0 Å². The Morgan fingerprint density at radius 3 is 2.50 bits per heavy atom. The zero-order valence-corrected chi connectivity index (χ0v) is 11.5. The average molecular weight is 294 g/mol. The van der Waals surface area contributed by atoms with Crippen molar-refractivity contribution in [1.29, 1.82) is 0 Å². The molecule has 1 aliphatic carbocycles. The van der Waals surface area contributed by atoms with Gasteiger partial charge in [-0.2, -0.15) is 13.2 Å². The number of nitrogens with zero attached hydrogens (tertiary/aromatic N) is 1. The van der Waals surface area contributed by atoms with Crippen LogP contribution < -0.4 is 5.32 Å². The lowest BCUT2D eigenvalue weighted by atomic mass is 9.78. The number of alkyl halides is 3. The quantitative estimate of drug-likeness (QED) is 0.829. The van der Waals surface area contributed by atoms with Gasteiger partial charge in [0.2, 0.25) is 0 Å². The lowest BCUT2D eigenvalue weighted by Crippen LogP contribution is -2.58. The summed E-state index contributed by atoms with van der Waals surface area (Å²) < 4.78 is 36.8. The highest BCUT2D eigenvalue weighted by molar-refractivity contribution is 5.70. The monoisotopic (exact) mass is 294 g/mol. The summed E-state index contributed by atoms with van der Waals surface area (Å²) in [5, 5.41) is 11.6. The molecule has 1 saturated carbocycles. The molecule has 0 spiro atoms. The Labute approximate surface area is 116 Å². The highest BCUT2D eigenvalue weighted by Gasteiger charge is 2.40. The van der Waals surface area contributed by atoms with Crippen LogP contribution in [0.4, 0.5) is 13.2 Å². The van der Waals surface area contributed by atoms with Gasteiger partial charge in [-0.25, -0.2) is 0 Å². The Bertz CT molecular complexity index is 362. The third kappa shape index (κ3) is 3.85. The van der Waals surface area contributed by atoms with Crippen LogP contribution in [0.5, 0.6) is 0 Å². The third-order valence-electron chi connectivity index (χ3n) is 4.46. The molecule has 0 bridgehead atoms. The zero-order chi connectivity index (χ0) is 14.9. The number of hydrogen-bond acceptors (Lipinski definition) is 3. The fourth-order valence-corrected chi connectivity index (χ4v) is 3.18. The Balaban J connectivity index is 1.95. The van der Waals surface area contributed by atoms with Crippen molar-refractivity contribution in [2.24, 2.45) is 11.8 Å². The van der Waals surface area contributed by atoms with Gasteiger partial charge in [-0.15, -0.1) is 0 Å². The number of aliphatic carboxylic acids is 1. The van der Waals surface area contributed by atoms with Crippen molar-refractivity contribution in [1.82, 2.24) is 10.2 Å². The summed E-state index contributed by atoms with van der Waals surface area (Å²) in [7, 11) is 0. The molecule has 20 heavy (non-hydrogen) atoms. The van der Waals surface area contributed by atoms with Crippen molar-refractivity contribution < 1.29 is 23.1 Å². The molecule has 116 valence electrons.